The molecule has 4 rings (SSSR count). The fourth-order valence-corrected chi connectivity index (χ4v) is 4.01. The van der Waals surface area contributed by atoms with E-state index in [1.807, 2.05) is 55.5 Å². The Hall–Kier alpha value is -2.76. The zero-order valence-electron chi connectivity index (χ0n) is 17.6. The zero-order chi connectivity index (χ0) is 22.0. The van der Waals surface area contributed by atoms with Gasteiger partial charge in [0.15, 0.2) is 5.58 Å². The number of oxazole rings is 1. The summed E-state index contributed by atoms with van der Waals surface area (Å²) in [6.45, 7) is 6.28. The molecule has 31 heavy (non-hydrogen) atoms. The van der Waals surface area contributed by atoms with Crippen molar-refractivity contribution in [2.75, 3.05) is 11.1 Å². The van der Waals surface area contributed by atoms with E-state index >= 15 is 0 Å². The Morgan fingerprint density at radius 3 is 2.61 bits per heavy atom. The molecule has 1 heterocycles. The number of aromatic nitrogens is 1. The van der Waals surface area contributed by atoms with Crippen molar-refractivity contribution in [1.82, 2.24) is 4.98 Å². The number of carbonyl (C=O) groups is 1. The SMILES string of the molecule is Cc1ccc(-c2nc3cc(C(C)C)ccc3o2)cc1NC(=O)CSc1ccc(Cl)cc1. The lowest BCUT2D eigenvalue weighted by Gasteiger charge is -2.09. The highest BCUT2D eigenvalue weighted by Gasteiger charge is 2.13. The number of halogens is 1. The lowest BCUT2D eigenvalue weighted by molar-refractivity contribution is -0.113. The van der Waals surface area contributed by atoms with Gasteiger partial charge >= 0.3 is 0 Å². The Morgan fingerprint density at radius 2 is 1.87 bits per heavy atom. The Morgan fingerprint density at radius 1 is 1.10 bits per heavy atom. The van der Waals surface area contributed by atoms with Gasteiger partial charge in [-0.25, -0.2) is 4.98 Å². The summed E-state index contributed by atoms with van der Waals surface area (Å²) in [6.07, 6.45) is 0. The van der Waals surface area contributed by atoms with Crippen molar-refractivity contribution in [2.24, 2.45) is 0 Å². The van der Waals surface area contributed by atoms with Crippen molar-refractivity contribution in [3.63, 3.8) is 0 Å². The van der Waals surface area contributed by atoms with Crippen LogP contribution in [0.2, 0.25) is 5.02 Å². The Bertz CT molecular complexity index is 1230. The van der Waals surface area contributed by atoms with Crippen LogP contribution in [0.25, 0.3) is 22.6 Å². The van der Waals surface area contributed by atoms with E-state index in [9.17, 15) is 4.79 Å². The Labute approximate surface area is 191 Å². The number of carbonyl (C=O) groups excluding carboxylic acids is 1. The molecule has 0 aliphatic carbocycles. The minimum absolute atomic E-state index is 0.0701. The van der Waals surface area contributed by atoms with E-state index in [1.54, 1.807) is 0 Å². The summed E-state index contributed by atoms with van der Waals surface area (Å²) in [7, 11) is 0. The summed E-state index contributed by atoms with van der Waals surface area (Å²) in [5, 5.41) is 3.69. The number of rotatable bonds is 6. The molecule has 4 nitrogen and oxygen atoms in total. The number of fused-ring (bicyclic) bond motifs is 1. The molecular weight excluding hydrogens is 428 g/mol. The maximum Gasteiger partial charge on any atom is 0.234 e. The fourth-order valence-electron chi connectivity index (χ4n) is 3.18. The van der Waals surface area contributed by atoms with Gasteiger partial charge in [0.25, 0.3) is 0 Å². The monoisotopic (exact) mass is 450 g/mol. The number of aryl methyl sites for hydroxylation is 1. The maximum atomic E-state index is 12.5. The number of nitrogens with zero attached hydrogens (tertiary/aromatic N) is 1. The fraction of sp³-hybridized carbons (Fsp3) is 0.200. The van der Waals surface area contributed by atoms with Gasteiger partial charge in [-0.3, -0.25) is 4.79 Å². The molecule has 1 amide bonds. The maximum absolute atomic E-state index is 12.5. The van der Waals surface area contributed by atoms with Crippen molar-refractivity contribution in [1.29, 1.82) is 0 Å². The molecule has 0 atom stereocenters. The number of anilines is 1. The first-order chi connectivity index (χ1) is 14.9. The van der Waals surface area contributed by atoms with Gasteiger partial charge in [-0.05, 0) is 72.5 Å². The van der Waals surface area contributed by atoms with Crippen LogP contribution in [-0.4, -0.2) is 16.6 Å². The molecule has 4 aromatic rings. The minimum atomic E-state index is -0.0701. The largest absolute Gasteiger partial charge is 0.436 e. The lowest BCUT2D eigenvalue weighted by atomic mass is 10.0. The second kappa shape index (κ2) is 9.16. The van der Waals surface area contributed by atoms with Gasteiger partial charge in [0, 0.05) is 21.2 Å². The van der Waals surface area contributed by atoms with Gasteiger partial charge in [0.1, 0.15) is 5.52 Å². The number of benzene rings is 3. The van der Waals surface area contributed by atoms with Crippen LogP contribution in [0.5, 0.6) is 0 Å². The van der Waals surface area contributed by atoms with Crippen molar-refractivity contribution in [2.45, 2.75) is 31.6 Å². The Balaban J connectivity index is 1.50. The van der Waals surface area contributed by atoms with Crippen molar-refractivity contribution < 1.29 is 9.21 Å². The van der Waals surface area contributed by atoms with E-state index in [-0.39, 0.29) is 5.91 Å². The average molecular weight is 451 g/mol. The van der Waals surface area contributed by atoms with Gasteiger partial charge in [-0.15, -0.1) is 11.8 Å². The number of nitrogens with one attached hydrogen (secondary N) is 1. The third kappa shape index (κ3) is 5.12. The molecule has 0 unspecified atom stereocenters. The summed E-state index contributed by atoms with van der Waals surface area (Å²) in [5.41, 5.74) is 5.38. The van der Waals surface area contributed by atoms with E-state index in [0.717, 1.165) is 32.8 Å². The molecule has 0 saturated carbocycles. The van der Waals surface area contributed by atoms with Crippen LogP contribution >= 0.6 is 23.4 Å². The predicted octanol–water partition coefficient (Wildman–Crippen LogP) is 7.31. The summed E-state index contributed by atoms with van der Waals surface area (Å²) in [4.78, 5) is 18.2. The zero-order valence-corrected chi connectivity index (χ0v) is 19.2. The van der Waals surface area contributed by atoms with Crippen LogP contribution < -0.4 is 5.32 Å². The first-order valence-electron chi connectivity index (χ1n) is 10.1. The van der Waals surface area contributed by atoms with Gasteiger partial charge in [0.2, 0.25) is 11.8 Å². The van der Waals surface area contributed by atoms with Crippen LogP contribution in [0.4, 0.5) is 5.69 Å². The van der Waals surface area contributed by atoms with Gasteiger partial charge in [-0.2, -0.15) is 0 Å². The number of hydrogen-bond acceptors (Lipinski definition) is 4. The lowest BCUT2D eigenvalue weighted by Crippen LogP contribution is -2.14. The van der Waals surface area contributed by atoms with Crippen LogP contribution in [0.3, 0.4) is 0 Å². The second-order valence-corrected chi connectivity index (χ2v) is 9.21. The van der Waals surface area contributed by atoms with Crippen molar-refractivity contribution in [3.8, 4) is 11.5 Å². The molecule has 3 aromatic carbocycles. The molecule has 1 aromatic heterocycles. The van der Waals surface area contributed by atoms with Crippen molar-refractivity contribution >= 4 is 46.1 Å². The number of amides is 1. The molecule has 6 heteroatoms. The third-order valence-electron chi connectivity index (χ3n) is 5.02. The smallest absolute Gasteiger partial charge is 0.234 e. The molecule has 0 fully saturated rings. The predicted molar refractivity (Wildman–Crippen MR) is 129 cm³/mol. The van der Waals surface area contributed by atoms with E-state index in [1.165, 1.54) is 17.3 Å². The topological polar surface area (TPSA) is 55.1 Å². The highest BCUT2D eigenvalue weighted by Crippen LogP contribution is 2.30. The molecule has 0 spiro atoms. The second-order valence-electron chi connectivity index (χ2n) is 7.72. The van der Waals surface area contributed by atoms with Crippen molar-refractivity contribution in [3.05, 3.63) is 76.8 Å². The summed E-state index contributed by atoms with van der Waals surface area (Å²) in [5.74, 6) is 1.21. The van der Waals surface area contributed by atoms with Gasteiger partial charge in [0.05, 0.1) is 5.75 Å². The molecule has 158 valence electrons. The highest BCUT2D eigenvalue weighted by molar-refractivity contribution is 8.00. The average Bonchev–Trinajstić information content (AvgIpc) is 3.18. The molecule has 0 radical (unpaired) electrons. The Kier molecular flexibility index (Phi) is 6.35. The summed E-state index contributed by atoms with van der Waals surface area (Å²) >= 11 is 7.38. The van der Waals surface area contributed by atoms with Crippen LogP contribution in [0.1, 0.15) is 30.9 Å². The summed E-state index contributed by atoms with van der Waals surface area (Å²) in [6, 6.07) is 19.4. The van der Waals surface area contributed by atoms with Gasteiger partial charge < -0.3 is 9.73 Å². The first kappa shape index (κ1) is 21.5. The highest BCUT2D eigenvalue weighted by atomic mass is 35.5. The first-order valence-corrected chi connectivity index (χ1v) is 11.4. The van der Waals surface area contributed by atoms with E-state index in [4.69, 9.17) is 16.0 Å². The molecular formula is C25H23ClN2O2S. The van der Waals surface area contributed by atoms with Crippen LogP contribution in [0, 0.1) is 6.92 Å². The van der Waals surface area contributed by atoms with Crippen LogP contribution in [0.15, 0.2) is 70.0 Å². The van der Waals surface area contributed by atoms with E-state index in [2.05, 4.69) is 36.3 Å². The number of thioether (sulfide) groups is 1. The normalized spacial score (nSPS) is 11.3. The third-order valence-corrected chi connectivity index (χ3v) is 6.28. The molecule has 0 saturated heterocycles. The quantitative estimate of drug-likeness (QED) is 0.313. The molecule has 0 aliphatic heterocycles. The molecule has 0 bridgehead atoms. The molecule has 0 aliphatic rings. The van der Waals surface area contributed by atoms with E-state index in [0.29, 0.717) is 22.6 Å². The van der Waals surface area contributed by atoms with E-state index < -0.39 is 0 Å². The van der Waals surface area contributed by atoms with Gasteiger partial charge in [-0.1, -0.05) is 37.6 Å². The minimum Gasteiger partial charge on any atom is -0.436 e. The standard InChI is InChI=1S/C25H23ClN2O2S/c1-15(2)17-6-11-23-22(12-17)28-25(30-23)18-5-4-16(3)21(13-18)27-24(29)14-31-20-9-7-19(26)8-10-20/h4-13,15H,14H2,1-3H3,(H,27,29). The van der Waals surface area contributed by atoms with Crippen LogP contribution in [-0.2, 0) is 4.79 Å². The summed E-state index contributed by atoms with van der Waals surface area (Å²) < 4.78 is 5.96. The number of hydrogen-bond donors (Lipinski definition) is 1. The molecule has 1 N–H and O–H groups in total.